The van der Waals surface area contributed by atoms with Crippen LogP contribution in [0.3, 0.4) is 0 Å². The number of benzene rings is 1. The van der Waals surface area contributed by atoms with Crippen LogP contribution in [0.15, 0.2) is 23.1 Å². The lowest BCUT2D eigenvalue weighted by atomic mass is 10.2. The molecule has 0 amide bonds. The molecular formula is C10H11FN2O6S. The first-order valence-electron chi connectivity index (χ1n) is 5.31. The Bertz CT molecular complexity index is 645. The van der Waals surface area contributed by atoms with Crippen LogP contribution in [-0.2, 0) is 14.8 Å². The Morgan fingerprint density at radius 1 is 1.55 bits per heavy atom. The standard InChI is InChI=1S/C10H11FN2O6S/c1-6(10(14)15)5-12-20(18,19)9-3-2-7(13(16)17)4-8(9)11/h2-4,6,12H,5H2,1H3,(H,14,15). The number of hydrogen-bond donors (Lipinski definition) is 2. The van der Waals surface area contributed by atoms with Gasteiger partial charge in [0.05, 0.1) is 16.9 Å². The zero-order valence-corrected chi connectivity index (χ0v) is 11.1. The topological polar surface area (TPSA) is 127 Å². The van der Waals surface area contributed by atoms with Crippen LogP contribution in [0.1, 0.15) is 6.92 Å². The number of rotatable bonds is 6. The minimum Gasteiger partial charge on any atom is -0.481 e. The van der Waals surface area contributed by atoms with Crippen molar-refractivity contribution in [3.05, 3.63) is 34.1 Å². The molecule has 0 radical (unpaired) electrons. The van der Waals surface area contributed by atoms with E-state index < -0.39 is 49.8 Å². The number of carboxylic acids is 1. The van der Waals surface area contributed by atoms with Crippen LogP contribution in [-0.4, -0.2) is 31.0 Å². The lowest BCUT2D eigenvalue weighted by Gasteiger charge is -2.09. The Kier molecular flexibility index (Phi) is 4.73. The van der Waals surface area contributed by atoms with Gasteiger partial charge in [0.15, 0.2) is 0 Å². The number of nitrogens with one attached hydrogen (secondary N) is 1. The third-order valence-electron chi connectivity index (χ3n) is 2.42. The summed E-state index contributed by atoms with van der Waals surface area (Å²) in [5, 5.41) is 19.0. The van der Waals surface area contributed by atoms with Crippen molar-refractivity contribution in [2.45, 2.75) is 11.8 Å². The first-order chi connectivity index (χ1) is 9.15. The molecule has 1 aromatic rings. The molecule has 0 spiro atoms. The molecule has 2 N–H and O–H groups in total. The van der Waals surface area contributed by atoms with E-state index >= 15 is 0 Å². The Labute approximate surface area is 113 Å². The fourth-order valence-electron chi connectivity index (χ4n) is 1.22. The molecule has 0 saturated heterocycles. The van der Waals surface area contributed by atoms with Gasteiger partial charge in [-0.05, 0) is 6.07 Å². The maximum atomic E-state index is 13.5. The molecule has 0 fully saturated rings. The predicted octanol–water partition coefficient (Wildman–Crippen LogP) is 0.733. The number of nitro groups is 1. The van der Waals surface area contributed by atoms with E-state index in [9.17, 15) is 27.7 Å². The summed E-state index contributed by atoms with van der Waals surface area (Å²) in [7, 11) is -4.27. The molecule has 0 saturated carbocycles. The molecule has 110 valence electrons. The fraction of sp³-hybridized carbons (Fsp3) is 0.300. The van der Waals surface area contributed by atoms with Crippen molar-refractivity contribution >= 4 is 21.7 Å². The number of sulfonamides is 1. The van der Waals surface area contributed by atoms with Gasteiger partial charge in [-0.25, -0.2) is 17.5 Å². The van der Waals surface area contributed by atoms with Crippen molar-refractivity contribution in [1.29, 1.82) is 0 Å². The second-order valence-electron chi connectivity index (χ2n) is 3.96. The Morgan fingerprint density at radius 2 is 2.15 bits per heavy atom. The van der Waals surface area contributed by atoms with Crippen molar-refractivity contribution < 1.29 is 27.6 Å². The molecule has 1 rings (SSSR count). The second kappa shape index (κ2) is 5.92. The maximum Gasteiger partial charge on any atom is 0.307 e. The summed E-state index contributed by atoms with van der Waals surface area (Å²) in [6.07, 6.45) is 0. The van der Waals surface area contributed by atoms with Crippen molar-refractivity contribution in [1.82, 2.24) is 4.72 Å². The van der Waals surface area contributed by atoms with Gasteiger partial charge in [0.2, 0.25) is 10.0 Å². The van der Waals surface area contributed by atoms with Gasteiger partial charge in [0, 0.05) is 12.6 Å². The lowest BCUT2D eigenvalue weighted by Crippen LogP contribution is -2.32. The molecule has 0 aliphatic heterocycles. The van der Waals surface area contributed by atoms with E-state index in [-0.39, 0.29) is 0 Å². The molecule has 10 heteroatoms. The third kappa shape index (κ3) is 3.71. The minimum absolute atomic E-state index is 0.423. The van der Waals surface area contributed by atoms with E-state index in [0.717, 1.165) is 12.1 Å². The van der Waals surface area contributed by atoms with E-state index in [1.165, 1.54) is 6.92 Å². The van der Waals surface area contributed by atoms with Crippen LogP contribution in [0, 0.1) is 21.8 Å². The smallest absolute Gasteiger partial charge is 0.307 e. The van der Waals surface area contributed by atoms with E-state index in [2.05, 4.69) is 0 Å². The van der Waals surface area contributed by atoms with E-state index in [4.69, 9.17) is 5.11 Å². The molecule has 1 unspecified atom stereocenters. The minimum atomic E-state index is -4.27. The summed E-state index contributed by atoms with van der Waals surface area (Å²) < 4.78 is 39.0. The zero-order chi connectivity index (χ0) is 15.5. The van der Waals surface area contributed by atoms with Gasteiger partial charge in [-0.15, -0.1) is 0 Å². The molecular weight excluding hydrogens is 295 g/mol. The summed E-state index contributed by atoms with van der Waals surface area (Å²) in [5.41, 5.74) is -0.583. The quantitative estimate of drug-likeness (QED) is 0.589. The monoisotopic (exact) mass is 306 g/mol. The molecule has 20 heavy (non-hydrogen) atoms. The van der Waals surface area contributed by atoms with Gasteiger partial charge >= 0.3 is 5.97 Å². The number of aliphatic carboxylic acids is 1. The van der Waals surface area contributed by atoms with Crippen molar-refractivity contribution in [3.8, 4) is 0 Å². The molecule has 0 aliphatic rings. The average molecular weight is 306 g/mol. The van der Waals surface area contributed by atoms with Crippen LogP contribution in [0.5, 0.6) is 0 Å². The van der Waals surface area contributed by atoms with Gasteiger partial charge in [0.1, 0.15) is 10.7 Å². The molecule has 0 heterocycles. The normalized spacial score (nSPS) is 12.9. The number of hydrogen-bond acceptors (Lipinski definition) is 5. The predicted molar refractivity (Wildman–Crippen MR) is 65.0 cm³/mol. The number of nitro benzene ring substituents is 1. The summed E-state index contributed by atoms with van der Waals surface area (Å²) in [6, 6.07) is 2.08. The summed E-state index contributed by atoms with van der Waals surface area (Å²) in [4.78, 5) is 19.3. The highest BCUT2D eigenvalue weighted by Crippen LogP contribution is 2.20. The molecule has 1 aromatic carbocycles. The van der Waals surface area contributed by atoms with Gasteiger partial charge in [-0.3, -0.25) is 14.9 Å². The molecule has 8 nitrogen and oxygen atoms in total. The van der Waals surface area contributed by atoms with Crippen LogP contribution in [0.25, 0.3) is 0 Å². The zero-order valence-electron chi connectivity index (χ0n) is 10.2. The Balaban J connectivity index is 2.99. The van der Waals surface area contributed by atoms with E-state index in [1.54, 1.807) is 0 Å². The van der Waals surface area contributed by atoms with Crippen LogP contribution in [0.2, 0.25) is 0 Å². The largest absolute Gasteiger partial charge is 0.481 e. The highest BCUT2D eigenvalue weighted by atomic mass is 32.2. The third-order valence-corrected chi connectivity index (χ3v) is 3.87. The Morgan fingerprint density at radius 3 is 2.60 bits per heavy atom. The summed E-state index contributed by atoms with van der Waals surface area (Å²) in [5.74, 6) is -3.49. The number of carboxylic acid groups (broad SMARTS) is 1. The van der Waals surface area contributed by atoms with E-state index in [0.29, 0.717) is 6.07 Å². The Hall–Kier alpha value is -2.07. The van der Waals surface area contributed by atoms with Crippen LogP contribution in [0.4, 0.5) is 10.1 Å². The lowest BCUT2D eigenvalue weighted by molar-refractivity contribution is -0.385. The number of halogens is 1. The van der Waals surface area contributed by atoms with Gasteiger partial charge < -0.3 is 5.11 Å². The first kappa shape index (κ1) is 16.0. The number of carbonyl (C=O) groups is 1. The molecule has 0 bridgehead atoms. The molecule has 0 aromatic heterocycles. The van der Waals surface area contributed by atoms with Crippen molar-refractivity contribution in [3.63, 3.8) is 0 Å². The van der Waals surface area contributed by atoms with Gasteiger partial charge in [-0.2, -0.15) is 0 Å². The SMILES string of the molecule is CC(CNS(=O)(=O)c1ccc([N+](=O)[O-])cc1F)C(=O)O. The van der Waals surface area contributed by atoms with Crippen molar-refractivity contribution in [2.24, 2.45) is 5.92 Å². The molecule has 0 aliphatic carbocycles. The van der Waals surface area contributed by atoms with Crippen LogP contribution < -0.4 is 4.72 Å². The highest BCUT2D eigenvalue weighted by Gasteiger charge is 2.23. The maximum absolute atomic E-state index is 13.5. The second-order valence-corrected chi connectivity index (χ2v) is 5.70. The molecule has 1 atom stereocenters. The first-order valence-corrected chi connectivity index (χ1v) is 6.80. The number of nitrogens with zero attached hydrogens (tertiary/aromatic N) is 1. The van der Waals surface area contributed by atoms with Crippen LogP contribution >= 0.6 is 0 Å². The van der Waals surface area contributed by atoms with Gasteiger partial charge in [-0.1, -0.05) is 6.92 Å². The van der Waals surface area contributed by atoms with Crippen molar-refractivity contribution in [2.75, 3.05) is 6.54 Å². The fourth-order valence-corrected chi connectivity index (χ4v) is 2.41. The number of non-ortho nitro benzene ring substituents is 1. The summed E-state index contributed by atoms with van der Waals surface area (Å²) in [6.45, 7) is 0.852. The highest BCUT2D eigenvalue weighted by molar-refractivity contribution is 7.89. The summed E-state index contributed by atoms with van der Waals surface area (Å²) >= 11 is 0. The van der Waals surface area contributed by atoms with E-state index in [1.807, 2.05) is 4.72 Å². The van der Waals surface area contributed by atoms with Gasteiger partial charge in [0.25, 0.3) is 5.69 Å². The average Bonchev–Trinajstić information content (AvgIpc) is 2.35.